The lowest BCUT2D eigenvalue weighted by Crippen LogP contribution is -2.34. The summed E-state index contributed by atoms with van der Waals surface area (Å²) in [6.07, 6.45) is 1.21. The van der Waals surface area contributed by atoms with Gasteiger partial charge in [-0.1, -0.05) is 0 Å². The fourth-order valence-electron chi connectivity index (χ4n) is 2.15. The first-order valence-electron chi connectivity index (χ1n) is 7.54. The molecule has 0 atom stereocenters. The van der Waals surface area contributed by atoms with Crippen LogP contribution in [0.15, 0.2) is 41.5 Å². The van der Waals surface area contributed by atoms with Crippen molar-refractivity contribution in [3.05, 3.63) is 47.5 Å². The highest BCUT2D eigenvalue weighted by Gasteiger charge is 2.16. The highest BCUT2D eigenvalue weighted by Crippen LogP contribution is 2.32. The van der Waals surface area contributed by atoms with E-state index < -0.39 is 11.8 Å². The number of phenolic OH excluding ortho intramolecular Hbond substituents is 2. The highest BCUT2D eigenvalue weighted by atomic mass is 16.7. The highest BCUT2D eigenvalue weighted by molar-refractivity contribution is 5.97. The molecule has 2 amide bonds. The van der Waals surface area contributed by atoms with Crippen LogP contribution in [0.3, 0.4) is 0 Å². The molecule has 9 heteroatoms. The summed E-state index contributed by atoms with van der Waals surface area (Å²) in [5.74, 6) is -0.229. The number of benzene rings is 2. The van der Waals surface area contributed by atoms with E-state index in [-0.39, 0.29) is 24.8 Å². The fourth-order valence-corrected chi connectivity index (χ4v) is 2.15. The second-order valence-corrected chi connectivity index (χ2v) is 5.29. The van der Waals surface area contributed by atoms with Gasteiger partial charge in [-0.25, -0.2) is 5.43 Å². The van der Waals surface area contributed by atoms with Gasteiger partial charge < -0.3 is 25.0 Å². The van der Waals surface area contributed by atoms with Gasteiger partial charge in [-0.05, 0) is 30.3 Å². The molecule has 1 aliphatic rings. The molecule has 134 valence electrons. The van der Waals surface area contributed by atoms with E-state index in [0.717, 1.165) is 6.07 Å². The molecule has 0 fully saturated rings. The molecule has 0 saturated carbocycles. The summed E-state index contributed by atoms with van der Waals surface area (Å²) in [6.45, 7) is -0.177. The number of phenols is 2. The van der Waals surface area contributed by atoms with Gasteiger partial charge in [-0.15, -0.1) is 0 Å². The number of hydrogen-bond donors (Lipinski definition) is 4. The van der Waals surface area contributed by atoms with E-state index in [1.807, 2.05) is 0 Å². The number of nitrogens with zero attached hydrogens (tertiary/aromatic N) is 1. The van der Waals surface area contributed by atoms with E-state index in [1.54, 1.807) is 12.1 Å². The molecule has 2 aromatic carbocycles. The smallest absolute Gasteiger partial charge is 0.259 e. The lowest BCUT2D eigenvalue weighted by atomic mass is 10.2. The Morgan fingerprint density at radius 3 is 2.73 bits per heavy atom. The lowest BCUT2D eigenvalue weighted by Gasteiger charge is -2.05. The van der Waals surface area contributed by atoms with Crippen molar-refractivity contribution in [3.8, 4) is 23.0 Å². The van der Waals surface area contributed by atoms with Crippen molar-refractivity contribution in [2.45, 2.75) is 0 Å². The molecular formula is C17H15N3O6. The molecule has 9 nitrogen and oxygen atoms in total. The fraction of sp³-hybridized carbons (Fsp3) is 0.118. The molecule has 0 spiro atoms. The number of fused-ring (bicyclic) bond motifs is 1. The van der Waals surface area contributed by atoms with Crippen LogP contribution >= 0.6 is 0 Å². The maximum absolute atomic E-state index is 12.0. The Balaban J connectivity index is 1.49. The van der Waals surface area contributed by atoms with Gasteiger partial charge in [-0.3, -0.25) is 9.59 Å². The number of carbonyl (C=O) groups excluding carboxylic acids is 2. The molecular weight excluding hydrogens is 342 g/mol. The summed E-state index contributed by atoms with van der Waals surface area (Å²) < 4.78 is 10.4. The van der Waals surface area contributed by atoms with Gasteiger partial charge in [0.05, 0.1) is 12.8 Å². The third kappa shape index (κ3) is 4.01. The number of rotatable bonds is 5. The summed E-state index contributed by atoms with van der Waals surface area (Å²) in [7, 11) is 0. The molecule has 1 heterocycles. The first-order chi connectivity index (χ1) is 12.5. The van der Waals surface area contributed by atoms with Gasteiger partial charge in [0.2, 0.25) is 6.79 Å². The molecule has 0 saturated heterocycles. The van der Waals surface area contributed by atoms with Crippen molar-refractivity contribution in [1.82, 2.24) is 10.7 Å². The SMILES string of the molecule is O=C(CNC(=O)c1ccc2c(c1)OCO2)N/N=C\c1ccc(O)cc1O. The van der Waals surface area contributed by atoms with Crippen LogP contribution in [0.25, 0.3) is 0 Å². The van der Waals surface area contributed by atoms with E-state index in [1.165, 1.54) is 24.4 Å². The quantitative estimate of drug-likeness (QED) is 0.461. The van der Waals surface area contributed by atoms with Crippen LogP contribution in [0.5, 0.6) is 23.0 Å². The minimum atomic E-state index is -0.548. The molecule has 3 rings (SSSR count). The van der Waals surface area contributed by atoms with Crippen molar-refractivity contribution in [2.24, 2.45) is 5.10 Å². The third-order valence-electron chi connectivity index (χ3n) is 3.45. The number of carbonyl (C=O) groups is 2. The Bertz CT molecular complexity index is 881. The second kappa shape index (κ2) is 7.43. The monoisotopic (exact) mass is 357 g/mol. The maximum Gasteiger partial charge on any atom is 0.259 e. The van der Waals surface area contributed by atoms with Crippen LogP contribution in [0.2, 0.25) is 0 Å². The zero-order valence-electron chi connectivity index (χ0n) is 13.4. The summed E-state index contributed by atoms with van der Waals surface area (Å²) >= 11 is 0. The van der Waals surface area contributed by atoms with Gasteiger partial charge in [0.1, 0.15) is 11.5 Å². The second-order valence-electron chi connectivity index (χ2n) is 5.29. The first-order valence-corrected chi connectivity index (χ1v) is 7.54. The molecule has 2 aromatic rings. The van der Waals surface area contributed by atoms with Crippen LogP contribution in [-0.4, -0.2) is 41.6 Å². The zero-order valence-corrected chi connectivity index (χ0v) is 13.4. The van der Waals surface area contributed by atoms with Gasteiger partial charge in [0, 0.05) is 17.2 Å². The first kappa shape index (κ1) is 17.1. The van der Waals surface area contributed by atoms with Gasteiger partial charge in [0.25, 0.3) is 11.8 Å². The number of nitrogens with one attached hydrogen (secondary N) is 2. The number of hydrazone groups is 1. The van der Waals surface area contributed by atoms with E-state index in [9.17, 15) is 19.8 Å². The predicted molar refractivity (Wildman–Crippen MR) is 90.4 cm³/mol. The van der Waals surface area contributed by atoms with Gasteiger partial charge in [-0.2, -0.15) is 5.10 Å². The van der Waals surface area contributed by atoms with Crippen LogP contribution in [0.1, 0.15) is 15.9 Å². The Hall–Kier alpha value is -3.75. The predicted octanol–water partition coefficient (Wildman–Crippen LogP) is 0.707. The zero-order chi connectivity index (χ0) is 18.5. The third-order valence-corrected chi connectivity index (χ3v) is 3.45. The Kier molecular flexibility index (Phi) is 4.88. The average molecular weight is 357 g/mol. The molecule has 0 aliphatic carbocycles. The van der Waals surface area contributed by atoms with Crippen molar-refractivity contribution in [2.75, 3.05) is 13.3 Å². The van der Waals surface area contributed by atoms with E-state index in [0.29, 0.717) is 22.6 Å². The topological polar surface area (TPSA) is 129 Å². The van der Waals surface area contributed by atoms with E-state index in [4.69, 9.17) is 9.47 Å². The van der Waals surface area contributed by atoms with Gasteiger partial charge in [0.15, 0.2) is 11.5 Å². The minimum absolute atomic E-state index is 0.0880. The number of hydrogen-bond acceptors (Lipinski definition) is 7. The van der Waals surface area contributed by atoms with Crippen LogP contribution in [0.4, 0.5) is 0 Å². The van der Waals surface area contributed by atoms with Crippen LogP contribution in [0, 0.1) is 0 Å². The van der Waals surface area contributed by atoms with Crippen LogP contribution in [-0.2, 0) is 4.79 Å². The van der Waals surface area contributed by atoms with Crippen molar-refractivity contribution < 1.29 is 29.3 Å². The van der Waals surface area contributed by atoms with Crippen molar-refractivity contribution >= 4 is 18.0 Å². The van der Waals surface area contributed by atoms with Crippen molar-refractivity contribution in [1.29, 1.82) is 0 Å². The Labute approximate surface area is 147 Å². The summed E-state index contributed by atoms with van der Waals surface area (Å²) in [4.78, 5) is 23.7. The van der Waals surface area contributed by atoms with Crippen LogP contribution < -0.4 is 20.2 Å². The Morgan fingerprint density at radius 1 is 1.12 bits per heavy atom. The van der Waals surface area contributed by atoms with E-state index >= 15 is 0 Å². The summed E-state index contributed by atoms with van der Waals surface area (Å²) in [5, 5.41) is 24.9. The molecule has 0 bridgehead atoms. The lowest BCUT2D eigenvalue weighted by molar-refractivity contribution is -0.120. The number of ether oxygens (including phenoxy) is 2. The standard InChI is InChI=1S/C17H15N3O6/c21-12-3-1-11(13(22)6-12)7-19-20-16(23)8-18-17(24)10-2-4-14-15(5-10)26-9-25-14/h1-7,21-22H,8-9H2,(H,18,24)(H,20,23)/b19-7-. The largest absolute Gasteiger partial charge is 0.508 e. The molecule has 0 radical (unpaired) electrons. The molecule has 1 aliphatic heterocycles. The molecule has 0 unspecified atom stereocenters. The normalized spacial score (nSPS) is 12.2. The summed E-state index contributed by atoms with van der Waals surface area (Å²) in [5.41, 5.74) is 2.86. The Morgan fingerprint density at radius 2 is 1.92 bits per heavy atom. The molecule has 26 heavy (non-hydrogen) atoms. The van der Waals surface area contributed by atoms with Gasteiger partial charge >= 0.3 is 0 Å². The molecule has 0 aromatic heterocycles. The molecule has 4 N–H and O–H groups in total. The average Bonchev–Trinajstić information content (AvgIpc) is 3.09. The van der Waals surface area contributed by atoms with E-state index in [2.05, 4.69) is 15.8 Å². The minimum Gasteiger partial charge on any atom is -0.508 e. The summed E-state index contributed by atoms with van der Waals surface area (Å²) in [6, 6.07) is 8.66. The number of amides is 2. The number of aromatic hydroxyl groups is 2. The van der Waals surface area contributed by atoms with Crippen molar-refractivity contribution in [3.63, 3.8) is 0 Å². The maximum atomic E-state index is 12.0.